The van der Waals surface area contributed by atoms with Crippen LogP contribution in [0, 0.1) is 24.6 Å². The van der Waals surface area contributed by atoms with E-state index in [0.717, 1.165) is 23.4 Å². The van der Waals surface area contributed by atoms with Crippen molar-refractivity contribution in [3.63, 3.8) is 0 Å². The second kappa shape index (κ2) is 7.12. The summed E-state index contributed by atoms with van der Waals surface area (Å²) in [6, 6.07) is 6.61. The van der Waals surface area contributed by atoms with Gasteiger partial charge in [0.05, 0.1) is 0 Å². The van der Waals surface area contributed by atoms with Crippen LogP contribution in [-0.4, -0.2) is 13.1 Å². The van der Waals surface area contributed by atoms with Crippen molar-refractivity contribution in [3.05, 3.63) is 35.1 Å². The summed E-state index contributed by atoms with van der Waals surface area (Å²) in [4.78, 5) is 0. The van der Waals surface area contributed by atoms with Gasteiger partial charge in [0, 0.05) is 6.04 Å². The van der Waals surface area contributed by atoms with Gasteiger partial charge in [-0.3, -0.25) is 0 Å². The predicted molar refractivity (Wildman–Crippen MR) is 90.6 cm³/mol. The fraction of sp³-hybridized carbons (Fsp3) is 0.700. The SMILES string of the molecule is CNC1CCC(C2CCC(c3ccc(C)c(F)c3)CC2)CC1. The topological polar surface area (TPSA) is 12.0 Å². The Bertz CT molecular complexity index is 482. The molecule has 2 aliphatic carbocycles. The summed E-state index contributed by atoms with van der Waals surface area (Å²) in [6.07, 6.45) is 10.7. The van der Waals surface area contributed by atoms with Gasteiger partial charge in [0.25, 0.3) is 0 Å². The zero-order valence-corrected chi connectivity index (χ0v) is 14.1. The van der Waals surface area contributed by atoms with E-state index in [4.69, 9.17) is 0 Å². The lowest BCUT2D eigenvalue weighted by Crippen LogP contribution is -2.33. The fourth-order valence-corrected chi connectivity index (χ4v) is 4.67. The van der Waals surface area contributed by atoms with E-state index in [9.17, 15) is 4.39 Å². The van der Waals surface area contributed by atoms with E-state index in [2.05, 4.69) is 18.4 Å². The lowest BCUT2D eigenvalue weighted by atomic mass is 9.69. The molecule has 0 saturated heterocycles. The lowest BCUT2D eigenvalue weighted by molar-refractivity contribution is 0.171. The molecule has 0 heterocycles. The molecule has 1 N–H and O–H groups in total. The van der Waals surface area contributed by atoms with Gasteiger partial charge in [0.15, 0.2) is 0 Å². The number of hydrogen-bond acceptors (Lipinski definition) is 1. The van der Waals surface area contributed by atoms with Crippen molar-refractivity contribution < 1.29 is 4.39 Å². The second-order valence-corrected chi connectivity index (χ2v) is 7.52. The Labute approximate surface area is 134 Å². The highest BCUT2D eigenvalue weighted by atomic mass is 19.1. The maximum absolute atomic E-state index is 13.8. The maximum atomic E-state index is 13.8. The average molecular weight is 303 g/mol. The van der Waals surface area contributed by atoms with Crippen LogP contribution < -0.4 is 5.32 Å². The molecular formula is C20H30FN. The molecule has 2 aliphatic rings. The number of aryl methyl sites for hydroxylation is 1. The monoisotopic (exact) mass is 303 g/mol. The molecule has 2 heteroatoms. The summed E-state index contributed by atoms with van der Waals surface area (Å²) < 4.78 is 13.8. The van der Waals surface area contributed by atoms with Crippen molar-refractivity contribution >= 4 is 0 Å². The third-order valence-corrected chi connectivity index (χ3v) is 6.29. The molecule has 2 fully saturated rings. The van der Waals surface area contributed by atoms with Gasteiger partial charge in [-0.25, -0.2) is 4.39 Å². The van der Waals surface area contributed by atoms with Crippen molar-refractivity contribution in [2.24, 2.45) is 11.8 Å². The van der Waals surface area contributed by atoms with E-state index in [1.807, 2.05) is 13.0 Å². The maximum Gasteiger partial charge on any atom is 0.126 e. The number of nitrogens with one attached hydrogen (secondary N) is 1. The molecule has 0 unspecified atom stereocenters. The Morgan fingerprint density at radius 1 is 0.909 bits per heavy atom. The summed E-state index contributed by atoms with van der Waals surface area (Å²) in [5.74, 6) is 2.41. The molecule has 0 amide bonds. The molecule has 0 aromatic heterocycles. The fourth-order valence-electron chi connectivity index (χ4n) is 4.67. The van der Waals surface area contributed by atoms with Gasteiger partial charge in [0.1, 0.15) is 5.82 Å². The standard InChI is InChI=1S/C20H30FN/c1-14-3-4-18(13-20(14)21)17-7-5-15(6-8-17)16-9-11-19(22-2)12-10-16/h3-4,13,15-17,19,22H,5-12H2,1-2H3. The molecular weight excluding hydrogens is 273 g/mol. The molecule has 22 heavy (non-hydrogen) atoms. The molecule has 0 aliphatic heterocycles. The van der Waals surface area contributed by atoms with Crippen LogP contribution >= 0.6 is 0 Å². The average Bonchev–Trinajstić information content (AvgIpc) is 2.58. The Hall–Kier alpha value is -0.890. The first-order valence-corrected chi connectivity index (χ1v) is 9.10. The second-order valence-electron chi connectivity index (χ2n) is 7.52. The van der Waals surface area contributed by atoms with Crippen LogP contribution in [0.2, 0.25) is 0 Å². The van der Waals surface area contributed by atoms with Crippen molar-refractivity contribution in [2.45, 2.75) is 70.3 Å². The molecule has 1 aromatic rings. The molecule has 0 spiro atoms. The minimum atomic E-state index is -0.0370. The highest BCUT2D eigenvalue weighted by Crippen LogP contribution is 2.43. The van der Waals surface area contributed by atoms with Gasteiger partial charge in [-0.2, -0.15) is 0 Å². The highest BCUT2D eigenvalue weighted by molar-refractivity contribution is 5.26. The van der Waals surface area contributed by atoms with Crippen LogP contribution in [0.3, 0.4) is 0 Å². The van der Waals surface area contributed by atoms with Gasteiger partial charge in [-0.1, -0.05) is 12.1 Å². The normalized spacial score (nSPS) is 32.9. The molecule has 3 rings (SSSR count). The molecule has 2 saturated carbocycles. The first-order chi connectivity index (χ1) is 10.7. The van der Waals surface area contributed by atoms with Gasteiger partial charge in [-0.05, 0) is 100 Å². The molecule has 1 nitrogen and oxygen atoms in total. The first-order valence-electron chi connectivity index (χ1n) is 9.10. The molecule has 0 atom stereocenters. The van der Waals surface area contributed by atoms with Crippen LogP contribution in [0.15, 0.2) is 18.2 Å². The molecule has 0 bridgehead atoms. The summed E-state index contributed by atoms with van der Waals surface area (Å²) in [7, 11) is 2.09. The minimum absolute atomic E-state index is 0.0370. The van der Waals surface area contributed by atoms with E-state index in [-0.39, 0.29) is 5.82 Å². The number of hydrogen-bond donors (Lipinski definition) is 1. The van der Waals surface area contributed by atoms with Gasteiger partial charge in [-0.15, -0.1) is 0 Å². The van der Waals surface area contributed by atoms with E-state index in [1.165, 1.54) is 56.9 Å². The molecule has 122 valence electrons. The van der Waals surface area contributed by atoms with Crippen molar-refractivity contribution in [2.75, 3.05) is 7.05 Å². The predicted octanol–water partition coefficient (Wildman–Crippen LogP) is 5.19. The third kappa shape index (κ3) is 3.53. The summed E-state index contributed by atoms with van der Waals surface area (Å²) in [5.41, 5.74) is 1.99. The summed E-state index contributed by atoms with van der Waals surface area (Å²) >= 11 is 0. The zero-order valence-electron chi connectivity index (χ0n) is 14.1. The van der Waals surface area contributed by atoms with Gasteiger partial charge < -0.3 is 5.32 Å². The van der Waals surface area contributed by atoms with Crippen LogP contribution in [0.1, 0.15) is 68.4 Å². The van der Waals surface area contributed by atoms with Crippen LogP contribution in [0.4, 0.5) is 4.39 Å². The molecule has 0 radical (unpaired) electrons. The Balaban J connectivity index is 1.53. The number of rotatable bonds is 3. The minimum Gasteiger partial charge on any atom is -0.317 e. The first kappa shape index (κ1) is 16.0. The van der Waals surface area contributed by atoms with E-state index in [1.54, 1.807) is 6.07 Å². The van der Waals surface area contributed by atoms with Crippen LogP contribution in [0.25, 0.3) is 0 Å². The smallest absolute Gasteiger partial charge is 0.126 e. The number of benzene rings is 1. The summed E-state index contributed by atoms with van der Waals surface area (Å²) in [5, 5.41) is 3.43. The largest absolute Gasteiger partial charge is 0.317 e. The quantitative estimate of drug-likeness (QED) is 0.810. The third-order valence-electron chi connectivity index (χ3n) is 6.29. The van der Waals surface area contributed by atoms with E-state index < -0.39 is 0 Å². The van der Waals surface area contributed by atoms with Crippen molar-refractivity contribution in [3.8, 4) is 0 Å². The Kier molecular flexibility index (Phi) is 5.18. The Morgan fingerprint density at radius 3 is 2.05 bits per heavy atom. The van der Waals surface area contributed by atoms with E-state index >= 15 is 0 Å². The van der Waals surface area contributed by atoms with Crippen LogP contribution in [0.5, 0.6) is 0 Å². The van der Waals surface area contributed by atoms with Gasteiger partial charge in [0.2, 0.25) is 0 Å². The highest BCUT2D eigenvalue weighted by Gasteiger charge is 2.31. The van der Waals surface area contributed by atoms with E-state index in [0.29, 0.717) is 5.92 Å². The Morgan fingerprint density at radius 2 is 1.50 bits per heavy atom. The lowest BCUT2D eigenvalue weighted by Gasteiger charge is -2.38. The number of halogens is 1. The molecule has 1 aromatic carbocycles. The van der Waals surface area contributed by atoms with Crippen molar-refractivity contribution in [1.29, 1.82) is 0 Å². The van der Waals surface area contributed by atoms with Crippen molar-refractivity contribution in [1.82, 2.24) is 5.32 Å². The zero-order chi connectivity index (χ0) is 15.5. The van der Waals surface area contributed by atoms with Crippen LogP contribution in [-0.2, 0) is 0 Å². The summed E-state index contributed by atoms with van der Waals surface area (Å²) in [6.45, 7) is 1.84. The van der Waals surface area contributed by atoms with Gasteiger partial charge >= 0.3 is 0 Å².